The average Bonchev–Trinajstić information content (AvgIpc) is 3.49. The van der Waals surface area contributed by atoms with Gasteiger partial charge in [-0.1, -0.05) is 59.8 Å². The number of nitrogen functional groups attached to an aromatic ring is 1. The molecule has 3 heterocycles. The molecule has 0 aliphatic carbocycles. The molecule has 1 saturated heterocycles. The summed E-state index contributed by atoms with van der Waals surface area (Å²) in [7, 11) is -2.10. The summed E-state index contributed by atoms with van der Waals surface area (Å²) in [5, 5.41) is 10.6. The number of oxime groups is 1. The highest BCUT2D eigenvalue weighted by Gasteiger charge is 2.52. The van der Waals surface area contributed by atoms with Gasteiger partial charge in [0.1, 0.15) is 41.2 Å². The van der Waals surface area contributed by atoms with Gasteiger partial charge in [0, 0.05) is 23.5 Å². The van der Waals surface area contributed by atoms with Crippen molar-refractivity contribution in [2.75, 3.05) is 24.3 Å². The third kappa shape index (κ3) is 5.68. The molecule has 2 atom stereocenters. The zero-order valence-corrected chi connectivity index (χ0v) is 25.9. The second-order valence-corrected chi connectivity index (χ2v) is 15.3. The average molecular weight is 630 g/mol. The van der Waals surface area contributed by atoms with Crippen molar-refractivity contribution in [3.63, 3.8) is 0 Å². The lowest BCUT2D eigenvalue weighted by atomic mass is 10.1. The van der Waals surface area contributed by atoms with Crippen molar-refractivity contribution in [1.29, 1.82) is 0 Å². The fraction of sp³-hybridized carbons (Fsp3) is 0.194. The smallest absolute Gasteiger partial charge is 0.278 e. The monoisotopic (exact) mass is 629 g/mol. The van der Waals surface area contributed by atoms with E-state index in [1.54, 1.807) is 23.6 Å². The Bertz CT molecular complexity index is 1570. The number of anilines is 1. The molecule has 4 aromatic rings. The highest BCUT2D eigenvalue weighted by atomic mass is 32.2. The fourth-order valence-electron chi connectivity index (χ4n) is 5.37. The Morgan fingerprint density at radius 3 is 2.12 bits per heavy atom. The lowest BCUT2D eigenvalue weighted by Gasteiger charge is -2.47. The Morgan fingerprint density at radius 2 is 1.60 bits per heavy atom. The second kappa shape index (κ2) is 12.7. The maximum Gasteiger partial charge on any atom is 0.278 e. The van der Waals surface area contributed by atoms with Gasteiger partial charge in [-0.2, -0.15) is 9.36 Å². The van der Waals surface area contributed by atoms with Crippen LogP contribution < -0.4 is 27.0 Å². The van der Waals surface area contributed by atoms with Crippen LogP contribution >= 0.6 is 30.6 Å². The molecule has 1 aromatic heterocycles. The zero-order valence-electron chi connectivity index (χ0n) is 23.4. The Labute approximate surface area is 258 Å². The standard InChI is InChI=1S/C31H29N6O3PS2/c1-2-40-35-25(27-34-31(32)43-36-27)28(38)33-26-29(39)37-18-21(20-42-30(26)37)19-41(22-12-6-3-7-13-22,23-14-8-4-9-15-23)24-16-10-5-11-17-24/h3-18,26,30H,2,19-20H2,1H3,(H2-,32,33,34,36,38)/p+1/b35-25+/t26?,30-/m1/s1. The first kappa shape index (κ1) is 29.0. The predicted octanol–water partition coefficient (Wildman–Crippen LogP) is 3.14. The highest BCUT2D eigenvalue weighted by Crippen LogP contribution is 2.57. The van der Waals surface area contributed by atoms with Crippen molar-refractivity contribution in [1.82, 2.24) is 19.6 Å². The molecular weight excluding hydrogens is 599 g/mol. The normalized spacial score (nSPS) is 18.3. The summed E-state index contributed by atoms with van der Waals surface area (Å²) in [6, 6.07) is 31.4. The van der Waals surface area contributed by atoms with Crippen LogP contribution in [0.15, 0.2) is 108 Å². The number of nitrogens with one attached hydrogen (secondary N) is 1. The van der Waals surface area contributed by atoms with E-state index in [-0.39, 0.29) is 34.6 Å². The number of β-lactam (4-membered cyclic amide) rings is 1. The maximum atomic E-state index is 13.4. The summed E-state index contributed by atoms with van der Waals surface area (Å²) >= 11 is 2.61. The van der Waals surface area contributed by atoms with Gasteiger partial charge >= 0.3 is 0 Å². The summed E-state index contributed by atoms with van der Waals surface area (Å²) in [5.74, 6) is 0.0482. The van der Waals surface area contributed by atoms with Crippen LogP contribution in [0.2, 0.25) is 0 Å². The highest BCUT2D eigenvalue weighted by molar-refractivity contribution is 8.00. The van der Waals surface area contributed by atoms with E-state index in [1.165, 1.54) is 21.5 Å². The van der Waals surface area contributed by atoms with Gasteiger partial charge in [0.05, 0.1) is 6.16 Å². The largest absolute Gasteiger partial charge is 0.395 e. The van der Waals surface area contributed by atoms with Gasteiger partial charge in [-0.05, 0) is 48.9 Å². The molecule has 3 N–H and O–H groups in total. The number of carbonyl (C=O) groups is 2. The number of rotatable bonds is 10. The van der Waals surface area contributed by atoms with Gasteiger partial charge in [0.15, 0.2) is 5.13 Å². The van der Waals surface area contributed by atoms with E-state index >= 15 is 0 Å². The van der Waals surface area contributed by atoms with Crippen molar-refractivity contribution < 1.29 is 14.4 Å². The molecule has 43 heavy (non-hydrogen) atoms. The number of hydrogen-bond acceptors (Lipinski definition) is 9. The van der Waals surface area contributed by atoms with Crippen molar-refractivity contribution >= 4 is 69.1 Å². The van der Waals surface area contributed by atoms with E-state index in [2.05, 4.69) is 92.6 Å². The fourth-order valence-corrected chi connectivity index (χ4v) is 11.5. The van der Waals surface area contributed by atoms with Crippen LogP contribution in [0, 0.1) is 0 Å². The zero-order chi connectivity index (χ0) is 29.8. The number of amides is 2. The van der Waals surface area contributed by atoms with Gasteiger partial charge in [-0.15, -0.1) is 11.8 Å². The van der Waals surface area contributed by atoms with Crippen LogP contribution in [0.5, 0.6) is 0 Å². The van der Waals surface area contributed by atoms with E-state index in [0.29, 0.717) is 0 Å². The SMILES string of the molecule is CCO/N=C(/C(=O)NC1C(=O)N2C=C(C[P+](c3ccccc3)(c3ccccc3)c3ccccc3)CS[C@H]12)c1nsc(N)n1. The lowest BCUT2D eigenvalue weighted by Crippen LogP contribution is -2.69. The van der Waals surface area contributed by atoms with Gasteiger partial charge < -0.3 is 20.8 Å². The first-order chi connectivity index (χ1) is 21.0. The second-order valence-electron chi connectivity index (χ2n) is 9.97. The number of carbonyl (C=O) groups excluding carboxylic acids is 2. The molecule has 3 aromatic carbocycles. The Kier molecular flexibility index (Phi) is 8.56. The summed E-state index contributed by atoms with van der Waals surface area (Å²) in [5.41, 5.74) is 6.79. The third-order valence-electron chi connectivity index (χ3n) is 7.31. The van der Waals surface area contributed by atoms with Crippen LogP contribution in [0.3, 0.4) is 0 Å². The molecule has 9 nitrogen and oxygen atoms in total. The van der Waals surface area contributed by atoms with E-state index in [4.69, 9.17) is 10.6 Å². The molecular formula is C31H30N6O3PS2+. The number of nitrogens with two attached hydrogens (primary N) is 1. The molecule has 2 aliphatic rings. The van der Waals surface area contributed by atoms with Crippen molar-refractivity contribution in [2.24, 2.45) is 5.16 Å². The van der Waals surface area contributed by atoms with Crippen LogP contribution in [0.25, 0.3) is 0 Å². The number of hydrogen-bond donors (Lipinski definition) is 2. The molecule has 2 amide bonds. The minimum Gasteiger partial charge on any atom is -0.395 e. The van der Waals surface area contributed by atoms with Crippen LogP contribution in [-0.2, 0) is 14.4 Å². The van der Waals surface area contributed by atoms with Gasteiger partial charge in [0.25, 0.3) is 11.8 Å². The molecule has 12 heteroatoms. The van der Waals surface area contributed by atoms with Gasteiger partial charge in [-0.25, -0.2) is 0 Å². The van der Waals surface area contributed by atoms with Crippen LogP contribution in [0.1, 0.15) is 12.7 Å². The topological polar surface area (TPSA) is 123 Å². The van der Waals surface area contributed by atoms with Gasteiger partial charge in [0.2, 0.25) is 11.5 Å². The Hall–Kier alpha value is -4.05. The number of aromatic nitrogens is 2. The molecule has 0 saturated carbocycles. The maximum absolute atomic E-state index is 13.4. The van der Waals surface area contributed by atoms with Crippen LogP contribution in [0.4, 0.5) is 5.13 Å². The summed E-state index contributed by atoms with van der Waals surface area (Å²) in [6.45, 7) is 2.01. The molecule has 2 aliphatic heterocycles. The molecule has 0 radical (unpaired) electrons. The first-order valence-electron chi connectivity index (χ1n) is 13.8. The Balaban J connectivity index is 1.28. The predicted molar refractivity (Wildman–Crippen MR) is 176 cm³/mol. The molecule has 6 rings (SSSR count). The van der Waals surface area contributed by atoms with E-state index in [9.17, 15) is 9.59 Å². The summed E-state index contributed by atoms with van der Waals surface area (Å²) in [4.78, 5) is 37.5. The van der Waals surface area contributed by atoms with E-state index < -0.39 is 19.2 Å². The number of nitrogens with zero attached hydrogens (tertiary/aromatic N) is 4. The molecule has 0 bridgehead atoms. The van der Waals surface area contributed by atoms with Crippen LogP contribution in [-0.4, -0.2) is 61.7 Å². The third-order valence-corrected chi connectivity index (χ3v) is 13.7. The molecule has 0 spiro atoms. The van der Waals surface area contributed by atoms with Crippen molar-refractivity contribution in [3.8, 4) is 0 Å². The molecule has 218 valence electrons. The summed E-state index contributed by atoms with van der Waals surface area (Å²) < 4.78 is 4.09. The molecule has 1 fully saturated rings. The number of thioether (sulfide) groups is 1. The lowest BCUT2D eigenvalue weighted by molar-refractivity contribution is -0.143. The number of fused-ring (bicyclic) bond motifs is 1. The molecule has 1 unspecified atom stereocenters. The quantitative estimate of drug-likeness (QED) is 0.120. The first-order valence-corrected chi connectivity index (χ1v) is 17.6. The van der Waals surface area contributed by atoms with Gasteiger partial charge in [-0.3, -0.25) is 9.59 Å². The number of benzene rings is 3. The Morgan fingerprint density at radius 1 is 1.02 bits per heavy atom. The van der Waals surface area contributed by atoms with E-state index in [1.807, 2.05) is 24.4 Å². The minimum atomic E-state index is -2.10. The van der Waals surface area contributed by atoms with Crippen molar-refractivity contribution in [3.05, 3.63) is 109 Å². The van der Waals surface area contributed by atoms with Crippen molar-refractivity contribution in [2.45, 2.75) is 18.3 Å². The van der Waals surface area contributed by atoms with E-state index in [0.717, 1.165) is 23.4 Å². The minimum absolute atomic E-state index is 0.0681. The summed E-state index contributed by atoms with van der Waals surface area (Å²) in [6.07, 6.45) is 2.79.